The number of aliphatic carboxylic acids is 1. The second-order valence-electron chi connectivity index (χ2n) is 6.37. The second kappa shape index (κ2) is 11.0. The Morgan fingerprint density at radius 1 is 1.04 bits per heavy atom. The van der Waals surface area contributed by atoms with Crippen molar-refractivity contribution in [2.24, 2.45) is 0 Å². The lowest BCUT2D eigenvalue weighted by atomic mass is 10.0. The van der Waals surface area contributed by atoms with E-state index in [2.05, 4.69) is 0 Å². The fraction of sp³-hybridized carbons (Fsp3) is 0.333. The lowest BCUT2D eigenvalue weighted by Crippen LogP contribution is -2.08. The highest BCUT2D eigenvalue weighted by Crippen LogP contribution is 2.24. The Labute approximate surface area is 158 Å². The third-order valence-electron chi connectivity index (χ3n) is 4.02. The Kier molecular flexibility index (Phi) is 9.02. The largest absolute Gasteiger partial charge is 0.508 e. The quantitative estimate of drug-likeness (QED) is 0.215. The molecule has 1 aromatic rings. The fourth-order valence-corrected chi connectivity index (χ4v) is 2.37. The SMILES string of the molecule is C/C(=C\CC/C(C)=C/C/C=C(/CC(=O)c1cc(O)ccc1O)C(=O)O)CO. The summed E-state index contributed by atoms with van der Waals surface area (Å²) in [5, 5.41) is 37.4. The standard InChI is InChI=1S/C21H26O6/c1-14(5-3-7-15(2)13-22)6-4-8-16(21(26)27)11-20(25)18-12-17(23)9-10-19(18)24/h6-10,12,22-24H,3-5,11,13H2,1-2H3,(H,26,27)/b14-6+,15-7+,16-8-. The van der Waals surface area contributed by atoms with E-state index >= 15 is 0 Å². The van der Waals surface area contributed by atoms with Crippen molar-refractivity contribution in [1.82, 2.24) is 0 Å². The minimum atomic E-state index is -1.20. The van der Waals surface area contributed by atoms with Crippen LogP contribution in [0.2, 0.25) is 0 Å². The summed E-state index contributed by atoms with van der Waals surface area (Å²) in [4.78, 5) is 23.6. The van der Waals surface area contributed by atoms with Crippen molar-refractivity contribution in [3.8, 4) is 11.5 Å². The summed E-state index contributed by atoms with van der Waals surface area (Å²) in [6.45, 7) is 3.82. The van der Waals surface area contributed by atoms with Crippen molar-refractivity contribution >= 4 is 11.8 Å². The normalized spacial score (nSPS) is 12.9. The third-order valence-corrected chi connectivity index (χ3v) is 4.02. The molecule has 0 bridgehead atoms. The van der Waals surface area contributed by atoms with E-state index in [9.17, 15) is 24.9 Å². The Bertz CT molecular complexity index is 771. The number of hydrogen-bond acceptors (Lipinski definition) is 5. The monoisotopic (exact) mass is 374 g/mol. The fourth-order valence-electron chi connectivity index (χ4n) is 2.37. The van der Waals surface area contributed by atoms with Crippen molar-refractivity contribution in [2.75, 3.05) is 6.61 Å². The number of rotatable bonds is 10. The van der Waals surface area contributed by atoms with Crippen LogP contribution in [0, 0.1) is 0 Å². The molecular formula is C21H26O6. The van der Waals surface area contributed by atoms with Crippen LogP contribution in [0.25, 0.3) is 0 Å². The molecule has 0 radical (unpaired) electrons. The number of aliphatic hydroxyl groups is 1. The van der Waals surface area contributed by atoms with Gasteiger partial charge in [0, 0.05) is 12.0 Å². The molecule has 1 rings (SSSR count). The van der Waals surface area contributed by atoms with Crippen molar-refractivity contribution in [1.29, 1.82) is 0 Å². The summed E-state index contributed by atoms with van der Waals surface area (Å²) in [5.74, 6) is -2.26. The zero-order valence-electron chi connectivity index (χ0n) is 15.6. The van der Waals surface area contributed by atoms with Gasteiger partial charge in [0.2, 0.25) is 0 Å². The molecule has 0 heterocycles. The molecule has 0 fully saturated rings. The van der Waals surface area contributed by atoms with Gasteiger partial charge in [0.1, 0.15) is 11.5 Å². The number of carbonyl (C=O) groups excluding carboxylic acids is 1. The van der Waals surface area contributed by atoms with Crippen molar-refractivity contribution in [3.05, 3.63) is 58.7 Å². The molecular weight excluding hydrogens is 348 g/mol. The molecule has 1 aromatic carbocycles. The topological polar surface area (TPSA) is 115 Å². The van der Waals surface area contributed by atoms with Crippen LogP contribution in [-0.2, 0) is 4.79 Å². The Hall–Kier alpha value is -2.86. The smallest absolute Gasteiger partial charge is 0.331 e. The van der Waals surface area contributed by atoms with Gasteiger partial charge in [-0.3, -0.25) is 4.79 Å². The molecule has 0 amide bonds. The minimum Gasteiger partial charge on any atom is -0.508 e. The van der Waals surface area contributed by atoms with Crippen LogP contribution < -0.4 is 0 Å². The number of carboxylic acids is 1. The van der Waals surface area contributed by atoms with Gasteiger partial charge >= 0.3 is 5.97 Å². The van der Waals surface area contributed by atoms with Crippen LogP contribution in [-0.4, -0.2) is 38.8 Å². The third kappa shape index (κ3) is 7.92. The number of ketones is 1. The van der Waals surface area contributed by atoms with Gasteiger partial charge in [0.15, 0.2) is 5.78 Å². The van der Waals surface area contributed by atoms with E-state index in [1.54, 1.807) is 0 Å². The average Bonchev–Trinajstić information content (AvgIpc) is 2.62. The number of aromatic hydroxyl groups is 2. The molecule has 0 spiro atoms. The highest BCUT2D eigenvalue weighted by atomic mass is 16.4. The van der Waals surface area contributed by atoms with E-state index in [0.717, 1.165) is 30.1 Å². The van der Waals surface area contributed by atoms with Crippen LogP contribution in [0.5, 0.6) is 11.5 Å². The van der Waals surface area contributed by atoms with Crippen molar-refractivity contribution in [2.45, 2.75) is 39.5 Å². The lowest BCUT2D eigenvalue weighted by Gasteiger charge is -2.05. The number of benzene rings is 1. The molecule has 27 heavy (non-hydrogen) atoms. The zero-order valence-corrected chi connectivity index (χ0v) is 15.6. The highest BCUT2D eigenvalue weighted by molar-refractivity contribution is 6.04. The van der Waals surface area contributed by atoms with E-state index in [4.69, 9.17) is 5.11 Å². The highest BCUT2D eigenvalue weighted by Gasteiger charge is 2.17. The molecule has 6 heteroatoms. The molecule has 6 nitrogen and oxygen atoms in total. The van der Waals surface area contributed by atoms with E-state index < -0.39 is 11.8 Å². The van der Waals surface area contributed by atoms with Gasteiger partial charge in [-0.1, -0.05) is 29.4 Å². The van der Waals surface area contributed by atoms with Gasteiger partial charge in [-0.15, -0.1) is 0 Å². The van der Waals surface area contributed by atoms with Crippen LogP contribution >= 0.6 is 0 Å². The van der Waals surface area contributed by atoms with Crippen LogP contribution in [0.4, 0.5) is 0 Å². The summed E-state index contributed by atoms with van der Waals surface area (Å²) in [6, 6.07) is 3.54. The molecule has 0 saturated heterocycles. The number of Topliss-reactive ketones (excluding diaryl/α,β-unsaturated/α-hetero) is 1. The first-order chi connectivity index (χ1) is 12.7. The number of aliphatic hydroxyl groups excluding tert-OH is 1. The number of hydrogen-bond donors (Lipinski definition) is 4. The van der Waals surface area contributed by atoms with Crippen LogP contribution in [0.3, 0.4) is 0 Å². The molecule has 0 saturated carbocycles. The van der Waals surface area contributed by atoms with E-state index in [1.165, 1.54) is 18.2 Å². The summed E-state index contributed by atoms with van der Waals surface area (Å²) >= 11 is 0. The van der Waals surface area contributed by atoms with Gasteiger partial charge < -0.3 is 20.4 Å². The van der Waals surface area contributed by atoms with Crippen molar-refractivity contribution < 1.29 is 30.0 Å². The van der Waals surface area contributed by atoms with E-state index in [1.807, 2.05) is 26.0 Å². The molecule has 146 valence electrons. The lowest BCUT2D eigenvalue weighted by molar-refractivity contribution is -0.132. The Balaban J connectivity index is 2.75. The zero-order chi connectivity index (χ0) is 20.4. The molecule has 0 aliphatic heterocycles. The molecule has 0 unspecified atom stereocenters. The molecule has 0 aliphatic rings. The van der Waals surface area contributed by atoms with Gasteiger partial charge in [-0.25, -0.2) is 4.79 Å². The maximum absolute atomic E-state index is 12.2. The second-order valence-corrected chi connectivity index (χ2v) is 6.37. The minimum absolute atomic E-state index is 0.0379. The summed E-state index contributed by atoms with van der Waals surface area (Å²) in [5.41, 5.74) is 1.81. The van der Waals surface area contributed by atoms with Crippen LogP contribution in [0.1, 0.15) is 49.9 Å². The summed E-state index contributed by atoms with van der Waals surface area (Å²) in [6.07, 6.45) is 6.90. The van der Waals surface area contributed by atoms with Gasteiger partial charge in [-0.2, -0.15) is 0 Å². The van der Waals surface area contributed by atoms with Gasteiger partial charge in [0.25, 0.3) is 0 Å². The number of phenols is 2. The predicted octanol–water partition coefficient (Wildman–Crippen LogP) is 3.74. The first kappa shape index (κ1) is 22.2. The molecule has 0 aliphatic carbocycles. The van der Waals surface area contributed by atoms with Crippen molar-refractivity contribution in [3.63, 3.8) is 0 Å². The van der Waals surface area contributed by atoms with E-state index in [0.29, 0.717) is 6.42 Å². The summed E-state index contributed by atoms with van der Waals surface area (Å²) in [7, 11) is 0. The maximum Gasteiger partial charge on any atom is 0.331 e. The number of phenolic OH excluding ortho intramolecular Hbond substituents is 2. The Morgan fingerprint density at radius 3 is 2.37 bits per heavy atom. The molecule has 4 N–H and O–H groups in total. The first-order valence-corrected chi connectivity index (χ1v) is 8.64. The number of allylic oxidation sites excluding steroid dienone is 4. The van der Waals surface area contributed by atoms with E-state index in [-0.39, 0.29) is 35.7 Å². The van der Waals surface area contributed by atoms with Gasteiger partial charge in [0.05, 0.1) is 12.2 Å². The first-order valence-electron chi connectivity index (χ1n) is 8.64. The number of carboxylic acid groups (broad SMARTS) is 1. The molecule has 0 atom stereocenters. The number of carbonyl (C=O) groups is 2. The maximum atomic E-state index is 12.2. The average molecular weight is 374 g/mol. The summed E-state index contributed by atoms with van der Waals surface area (Å²) < 4.78 is 0. The predicted molar refractivity (Wildman–Crippen MR) is 103 cm³/mol. The van der Waals surface area contributed by atoms with Crippen LogP contribution in [0.15, 0.2) is 53.1 Å². The Morgan fingerprint density at radius 2 is 1.74 bits per heavy atom. The molecule has 0 aromatic heterocycles. The van der Waals surface area contributed by atoms with Gasteiger partial charge in [-0.05, 0) is 51.3 Å².